The van der Waals surface area contributed by atoms with Crippen LogP contribution >= 0.6 is 11.3 Å². The quantitative estimate of drug-likeness (QED) is 0.316. The minimum absolute atomic E-state index is 0.00131. The highest BCUT2D eigenvalue weighted by molar-refractivity contribution is 7.09. The highest BCUT2D eigenvalue weighted by Crippen LogP contribution is 2.16. The normalized spacial score (nSPS) is 10.6. The molecule has 0 atom stereocenters. The van der Waals surface area contributed by atoms with Crippen molar-refractivity contribution in [3.05, 3.63) is 88.6 Å². The maximum absolute atomic E-state index is 13.4. The zero-order valence-electron chi connectivity index (χ0n) is 19.6. The molecule has 34 heavy (non-hydrogen) atoms. The summed E-state index contributed by atoms with van der Waals surface area (Å²) in [7, 11) is 0. The highest BCUT2D eigenvalue weighted by Gasteiger charge is 2.22. The van der Waals surface area contributed by atoms with Crippen LogP contribution in [0.15, 0.2) is 78.2 Å². The molecule has 0 unspecified atom stereocenters. The van der Waals surface area contributed by atoms with Gasteiger partial charge in [0.25, 0.3) is 5.91 Å². The summed E-state index contributed by atoms with van der Waals surface area (Å²) in [6, 6.07) is 23.1. The molecule has 0 aliphatic heterocycles. The van der Waals surface area contributed by atoms with E-state index >= 15 is 0 Å². The Labute approximate surface area is 205 Å². The van der Waals surface area contributed by atoms with Crippen molar-refractivity contribution in [1.82, 2.24) is 9.80 Å². The maximum Gasteiger partial charge on any atom is 0.260 e. The Hall–Kier alpha value is -3.16. The fourth-order valence-corrected chi connectivity index (χ4v) is 4.16. The molecular weight excluding hydrogens is 448 g/mol. The summed E-state index contributed by atoms with van der Waals surface area (Å²) in [6.07, 6.45) is 0.655. The Bertz CT molecular complexity index is 980. The number of amides is 2. The average molecular weight is 481 g/mol. The van der Waals surface area contributed by atoms with Gasteiger partial charge in [0.1, 0.15) is 5.75 Å². The first kappa shape index (κ1) is 25.5. The van der Waals surface area contributed by atoms with Gasteiger partial charge in [-0.2, -0.15) is 0 Å². The van der Waals surface area contributed by atoms with Gasteiger partial charge in [-0.15, -0.1) is 11.3 Å². The smallest absolute Gasteiger partial charge is 0.260 e. The Balaban J connectivity index is 1.68. The molecule has 0 saturated heterocycles. The molecule has 0 aliphatic carbocycles. The second kappa shape index (κ2) is 14.2. The number of carbonyl (C=O) groups excluding carboxylic acids is 2. The molecule has 0 fully saturated rings. The van der Waals surface area contributed by atoms with Gasteiger partial charge in [-0.1, -0.05) is 54.6 Å². The summed E-state index contributed by atoms with van der Waals surface area (Å²) in [6.45, 7) is 4.41. The molecular formula is C27H32N2O4S. The van der Waals surface area contributed by atoms with Crippen molar-refractivity contribution < 1.29 is 19.1 Å². The summed E-state index contributed by atoms with van der Waals surface area (Å²) in [5.74, 6) is 0.311. The van der Waals surface area contributed by atoms with Crippen molar-refractivity contribution in [3.63, 3.8) is 0 Å². The van der Waals surface area contributed by atoms with Crippen LogP contribution in [-0.2, 0) is 27.4 Å². The molecule has 0 N–H and O–H groups in total. The molecule has 2 amide bonds. The summed E-state index contributed by atoms with van der Waals surface area (Å²) < 4.78 is 11.1. The Morgan fingerprint density at radius 3 is 2.26 bits per heavy atom. The fraction of sp³-hybridized carbons (Fsp3) is 0.333. The second-order valence-corrected chi connectivity index (χ2v) is 8.81. The van der Waals surface area contributed by atoms with Crippen molar-refractivity contribution in [2.75, 3.05) is 32.9 Å². The summed E-state index contributed by atoms with van der Waals surface area (Å²) in [5.41, 5.74) is 1.05. The highest BCUT2D eigenvalue weighted by atomic mass is 32.1. The van der Waals surface area contributed by atoms with E-state index in [-0.39, 0.29) is 25.0 Å². The van der Waals surface area contributed by atoms with E-state index in [1.54, 1.807) is 28.4 Å². The SMILES string of the molecule is CCOCCCN(CC(=O)N(Cc1ccccc1)Cc1cccs1)C(=O)COc1ccccc1. The minimum Gasteiger partial charge on any atom is -0.484 e. The third-order valence-corrected chi connectivity index (χ3v) is 6.06. The summed E-state index contributed by atoms with van der Waals surface area (Å²) in [4.78, 5) is 30.9. The largest absolute Gasteiger partial charge is 0.484 e. The van der Waals surface area contributed by atoms with E-state index in [0.29, 0.717) is 45.0 Å². The van der Waals surface area contributed by atoms with E-state index in [0.717, 1.165) is 10.4 Å². The zero-order valence-corrected chi connectivity index (χ0v) is 20.4. The van der Waals surface area contributed by atoms with Gasteiger partial charge in [-0.05, 0) is 42.5 Å². The topological polar surface area (TPSA) is 59.1 Å². The minimum atomic E-state index is -0.218. The molecule has 3 aromatic rings. The van der Waals surface area contributed by atoms with Gasteiger partial charge in [0.05, 0.1) is 13.1 Å². The van der Waals surface area contributed by atoms with Crippen molar-refractivity contribution in [3.8, 4) is 5.75 Å². The lowest BCUT2D eigenvalue weighted by Crippen LogP contribution is -2.44. The van der Waals surface area contributed by atoms with Crippen LogP contribution in [0.4, 0.5) is 0 Å². The van der Waals surface area contributed by atoms with Crippen molar-refractivity contribution in [2.45, 2.75) is 26.4 Å². The van der Waals surface area contributed by atoms with Crippen molar-refractivity contribution in [1.29, 1.82) is 0 Å². The molecule has 1 heterocycles. The number of carbonyl (C=O) groups is 2. The lowest BCUT2D eigenvalue weighted by molar-refractivity contribution is -0.142. The first-order chi connectivity index (χ1) is 16.7. The van der Waals surface area contributed by atoms with Crippen LogP contribution in [0.1, 0.15) is 23.8 Å². The van der Waals surface area contributed by atoms with Crippen LogP contribution in [0.5, 0.6) is 5.75 Å². The Kier molecular flexibility index (Phi) is 10.6. The molecule has 0 spiro atoms. The summed E-state index contributed by atoms with van der Waals surface area (Å²) in [5, 5.41) is 2.00. The standard InChI is InChI=1S/C27H32N2O4S/c1-2-32-17-10-16-28(27(31)22-33-24-13-7-4-8-14-24)21-26(30)29(20-25-15-9-18-34-25)19-23-11-5-3-6-12-23/h3-9,11-15,18H,2,10,16-17,19-22H2,1H3. The first-order valence-corrected chi connectivity index (χ1v) is 12.4. The lowest BCUT2D eigenvalue weighted by Gasteiger charge is -2.28. The molecule has 6 nitrogen and oxygen atoms in total. The predicted molar refractivity (Wildman–Crippen MR) is 135 cm³/mol. The molecule has 7 heteroatoms. The van der Waals surface area contributed by atoms with Gasteiger partial charge in [0, 0.05) is 31.2 Å². The van der Waals surface area contributed by atoms with Gasteiger partial charge in [-0.3, -0.25) is 9.59 Å². The molecule has 0 saturated carbocycles. The molecule has 2 aromatic carbocycles. The number of rotatable bonds is 14. The number of benzene rings is 2. The van der Waals surface area contributed by atoms with E-state index in [2.05, 4.69) is 0 Å². The van der Waals surface area contributed by atoms with Crippen LogP contribution < -0.4 is 4.74 Å². The van der Waals surface area contributed by atoms with Gasteiger partial charge in [-0.25, -0.2) is 0 Å². The second-order valence-electron chi connectivity index (χ2n) is 7.78. The monoisotopic (exact) mass is 480 g/mol. The number of nitrogens with zero attached hydrogens (tertiary/aromatic N) is 2. The van der Waals surface area contributed by atoms with Crippen molar-refractivity contribution >= 4 is 23.2 Å². The fourth-order valence-electron chi connectivity index (χ4n) is 3.44. The molecule has 180 valence electrons. The third kappa shape index (κ3) is 8.65. The van der Waals surface area contributed by atoms with Crippen molar-refractivity contribution in [2.24, 2.45) is 0 Å². The molecule has 0 bridgehead atoms. The number of ether oxygens (including phenoxy) is 2. The van der Waals surface area contributed by atoms with Crippen LogP contribution in [0.3, 0.4) is 0 Å². The summed E-state index contributed by atoms with van der Waals surface area (Å²) >= 11 is 1.62. The molecule has 0 aliphatic rings. The average Bonchev–Trinajstić information content (AvgIpc) is 3.38. The third-order valence-electron chi connectivity index (χ3n) is 5.20. The van der Waals surface area contributed by atoms with E-state index in [1.165, 1.54) is 0 Å². The van der Waals surface area contributed by atoms with Gasteiger partial charge in [0.15, 0.2) is 6.61 Å². The zero-order chi connectivity index (χ0) is 24.0. The number of thiophene rings is 1. The van der Waals surface area contributed by atoms with E-state index in [1.807, 2.05) is 77.9 Å². The maximum atomic E-state index is 13.4. The molecule has 3 rings (SSSR count). The Morgan fingerprint density at radius 1 is 0.853 bits per heavy atom. The van der Waals surface area contributed by atoms with Gasteiger partial charge < -0.3 is 19.3 Å². The van der Waals surface area contributed by atoms with Crippen LogP contribution in [-0.4, -0.2) is 54.5 Å². The van der Waals surface area contributed by atoms with Crippen LogP contribution in [0.25, 0.3) is 0 Å². The number of hydrogen-bond donors (Lipinski definition) is 0. The van der Waals surface area contributed by atoms with Gasteiger partial charge in [0.2, 0.25) is 5.91 Å². The van der Waals surface area contributed by atoms with E-state index in [9.17, 15) is 9.59 Å². The van der Waals surface area contributed by atoms with Gasteiger partial charge >= 0.3 is 0 Å². The van der Waals surface area contributed by atoms with E-state index < -0.39 is 0 Å². The first-order valence-electron chi connectivity index (χ1n) is 11.5. The number of para-hydroxylation sites is 1. The van der Waals surface area contributed by atoms with Crippen LogP contribution in [0.2, 0.25) is 0 Å². The number of hydrogen-bond acceptors (Lipinski definition) is 5. The Morgan fingerprint density at radius 2 is 1.59 bits per heavy atom. The molecule has 1 aromatic heterocycles. The van der Waals surface area contributed by atoms with Crippen LogP contribution in [0, 0.1) is 0 Å². The van der Waals surface area contributed by atoms with E-state index in [4.69, 9.17) is 9.47 Å². The lowest BCUT2D eigenvalue weighted by atomic mass is 10.2. The molecule has 0 radical (unpaired) electrons. The predicted octanol–water partition coefficient (Wildman–Crippen LogP) is 4.61.